The number of hydrogen-bond donors (Lipinski definition) is 1. The zero-order valence-electron chi connectivity index (χ0n) is 11.9. The number of carbonyl (C=O) groups excluding carboxylic acids is 3. The number of imide groups is 1. The van der Waals surface area contributed by atoms with Crippen molar-refractivity contribution < 1.29 is 18.8 Å². The van der Waals surface area contributed by atoms with Gasteiger partial charge in [0.15, 0.2) is 0 Å². The molecule has 1 aromatic carbocycles. The zero-order valence-corrected chi connectivity index (χ0v) is 11.9. The molecule has 1 unspecified atom stereocenters. The largest absolute Gasteiger partial charge is 0.322 e. The number of fused-ring (bicyclic) bond motifs is 1. The fraction of sp³-hybridized carbons (Fsp3) is 0.312. The molecular formula is C16H13FN2O3. The van der Waals surface area contributed by atoms with Crippen molar-refractivity contribution in [1.82, 2.24) is 10.2 Å². The Morgan fingerprint density at radius 3 is 2.77 bits per heavy atom. The first-order valence-corrected chi connectivity index (χ1v) is 6.91. The molecule has 22 heavy (non-hydrogen) atoms. The summed E-state index contributed by atoms with van der Waals surface area (Å²) in [6.45, 7) is 1.83. The van der Waals surface area contributed by atoms with E-state index in [-0.39, 0.29) is 42.3 Å². The van der Waals surface area contributed by atoms with E-state index in [1.807, 2.05) is 0 Å². The minimum absolute atomic E-state index is 0.192. The van der Waals surface area contributed by atoms with Gasteiger partial charge in [-0.1, -0.05) is 5.92 Å². The number of rotatable bonds is 1. The van der Waals surface area contributed by atoms with Crippen LogP contribution in [0.15, 0.2) is 12.1 Å². The van der Waals surface area contributed by atoms with Gasteiger partial charge in [-0.05, 0) is 31.0 Å². The van der Waals surface area contributed by atoms with E-state index in [9.17, 15) is 18.8 Å². The van der Waals surface area contributed by atoms with Crippen LogP contribution in [0.4, 0.5) is 4.39 Å². The lowest BCUT2D eigenvalue weighted by Gasteiger charge is -2.29. The lowest BCUT2D eigenvalue weighted by molar-refractivity contribution is -0.136. The second-order valence-electron chi connectivity index (χ2n) is 5.26. The van der Waals surface area contributed by atoms with Crippen molar-refractivity contribution in [1.29, 1.82) is 0 Å². The molecule has 0 bridgehead atoms. The maximum atomic E-state index is 13.9. The predicted octanol–water partition coefficient (Wildman–Crippen LogP) is 0.958. The van der Waals surface area contributed by atoms with E-state index in [1.54, 1.807) is 13.0 Å². The van der Waals surface area contributed by atoms with E-state index in [1.165, 1.54) is 11.0 Å². The molecule has 0 aliphatic carbocycles. The first kappa shape index (κ1) is 14.3. The van der Waals surface area contributed by atoms with Crippen LogP contribution in [0.3, 0.4) is 0 Å². The summed E-state index contributed by atoms with van der Waals surface area (Å²) in [5.74, 6) is 3.52. The van der Waals surface area contributed by atoms with Crippen molar-refractivity contribution in [2.45, 2.75) is 32.4 Å². The molecule has 0 spiro atoms. The number of nitrogens with one attached hydrogen (secondary N) is 1. The monoisotopic (exact) mass is 300 g/mol. The molecule has 2 aliphatic rings. The summed E-state index contributed by atoms with van der Waals surface area (Å²) in [4.78, 5) is 36.9. The van der Waals surface area contributed by atoms with Crippen LogP contribution in [-0.2, 0) is 16.1 Å². The molecule has 0 radical (unpaired) electrons. The van der Waals surface area contributed by atoms with E-state index in [0.717, 1.165) is 0 Å². The molecule has 5 nitrogen and oxygen atoms in total. The minimum atomic E-state index is -0.693. The van der Waals surface area contributed by atoms with Gasteiger partial charge in [0.2, 0.25) is 11.8 Å². The van der Waals surface area contributed by atoms with E-state index >= 15 is 0 Å². The van der Waals surface area contributed by atoms with Gasteiger partial charge in [-0.3, -0.25) is 19.7 Å². The predicted molar refractivity (Wildman–Crippen MR) is 75.0 cm³/mol. The van der Waals surface area contributed by atoms with Crippen molar-refractivity contribution in [3.8, 4) is 11.8 Å². The fourth-order valence-electron chi connectivity index (χ4n) is 2.82. The van der Waals surface area contributed by atoms with Gasteiger partial charge in [0.05, 0.1) is 5.56 Å². The third kappa shape index (κ3) is 2.25. The molecule has 112 valence electrons. The first-order valence-electron chi connectivity index (χ1n) is 6.91. The second kappa shape index (κ2) is 5.26. The average molecular weight is 300 g/mol. The van der Waals surface area contributed by atoms with Crippen LogP contribution >= 0.6 is 0 Å². The summed E-state index contributed by atoms with van der Waals surface area (Å²) < 4.78 is 13.9. The Bertz CT molecular complexity index is 761. The van der Waals surface area contributed by atoms with Gasteiger partial charge in [-0.25, -0.2) is 4.39 Å². The van der Waals surface area contributed by atoms with Gasteiger partial charge in [0.1, 0.15) is 11.9 Å². The highest BCUT2D eigenvalue weighted by Gasteiger charge is 2.39. The van der Waals surface area contributed by atoms with Gasteiger partial charge in [-0.2, -0.15) is 0 Å². The van der Waals surface area contributed by atoms with Gasteiger partial charge in [0.25, 0.3) is 5.91 Å². The van der Waals surface area contributed by atoms with Gasteiger partial charge < -0.3 is 4.90 Å². The Balaban J connectivity index is 1.92. The summed E-state index contributed by atoms with van der Waals surface area (Å²) in [6, 6.07) is 2.02. The Labute approximate surface area is 126 Å². The molecule has 2 heterocycles. The number of amides is 3. The van der Waals surface area contributed by atoms with Crippen molar-refractivity contribution in [2.24, 2.45) is 0 Å². The van der Waals surface area contributed by atoms with E-state index in [4.69, 9.17) is 0 Å². The number of piperidine rings is 1. The second-order valence-corrected chi connectivity index (χ2v) is 5.26. The number of halogens is 1. The number of nitrogens with zero attached hydrogens (tertiary/aromatic N) is 1. The van der Waals surface area contributed by atoms with Crippen LogP contribution in [0.2, 0.25) is 0 Å². The Kier molecular flexibility index (Phi) is 3.41. The van der Waals surface area contributed by atoms with Crippen molar-refractivity contribution in [3.63, 3.8) is 0 Å². The van der Waals surface area contributed by atoms with Crippen molar-refractivity contribution in [3.05, 3.63) is 34.6 Å². The summed E-state index contributed by atoms with van der Waals surface area (Å²) in [7, 11) is 0. The number of benzene rings is 1. The van der Waals surface area contributed by atoms with Crippen LogP contribution in [0.5, 0.6) is 0 Å². The lowest BCUT2D eigenvalue weighted by Crippen LogP contribution is -2.52. The maximum absolute atomic E-state index is 13.9. The van der Waals surface area contributed by atoms with Crippen LogP contribution in [0.1, 0.15) is 41.3 Å². The number of carbonyl (C=O) groups is 3. The maximum Gasteiger partial charge on any atom is 0.255 e. The molecule has 3 rings (SSSR count). The summed E-state index contributed by atoms with van der Waals surface area (Å²) in [5, 5.41) is 2.23. The highest BCUT2D eigenvalue weighted by molar-refractivity contribution is 6.05. The average Bonchev–Trinajstić information content (AvgIpc) is 2.77. The highest BCUT2D eigenvalue weighted by Crippen LogP contribution is 2.29. The molecular weight excluding hydrogens is 287 g/mol. The van der Waals surface area contributed by atoms with E-state index in [0.29, 0.717) is 5.56 Å². The van der Waals surface area contributed by atoms with E-state index in [2.05, 4.69) is 17.2 Å². The summed E-state index contributed by atoms with van der Waals surface area (Å²) in [6.07, 6.45) is 0.478. The van der Waals surface area contributed by atoms with Gasteiger partial charge >= 0.3 is 0 Å². The normalized spacial score (nSPS) is 20.4. The molecule has 2 aliphatic heterocycles. The Morgan fingerprint density at radius 2 is 2.09 bits per heavy atom. The standard InChI is InChI=1S/C16H13FN2O3/c1-2-3-9-6-10-8-19(16(22)11(10)7-12(9)17)13-4-5-14(20)18-15(13)21/h6-7,13H,4-5,8H2,1H3,(H,18,20,21). The van der Waals surface area contributed by atoms with Crippen LogP contribution in [0.25, 0.3) is 0 Å². The molecule has 0 aromatic heterocycles. The minimum Gasteiger partial charge on any atom is -0.322 e. The van der Waals surface area contributed by atoms with Gasteiger partial charge in [-0.15, -0.1) is 5.92 Å². The lowest BCUT2D eigenvalue weighted by atomic mass is 10.0. The smallest absolute Gasteiger partial charge is 0.255 e. The van der Waals surface area contributed by atoms with E-state index < -0.39 is 17.8 Å². The van der Waals surface area contributed by atoms with Gasteiger partial charge in [0, 0.05) is 18.5 Å². The molecule has 1 aromatic rings. The van der Waals surface area contributed by atoms with Crippen LogP contribution in [-0.4, -0.2) is 28.7 Å². The Hall–Kier alpha value is -2.68. The molecule has 1 fully saturated rings. The number of hydrogen-bond acceptors (Lipinski definition) is 3. The first-order chi connectivity index (χ1) is 10.5. The topological polar surface area (TPSA) is 66.5 Å². The molecule has 6 heteroatoms. The summed E-state index contributed by atoms with van der Waals surface area (Å²) >= 11 is 0. The molecule has 1 N–H and O–H groups in total. The fourth-order valence-corrected chi connectivity index (χ4v) is 2.82. The van der Waals surface area contributed by atoms with Crippen LogP contribution in [0, 0.1) is 17.7 Å². The third-order valence-electron chi connectivity index (χ3n) is 3.87. The molecule has 1 saturated heterocycles. The van der Waals surface area contributed by atoms with Crippen LogP contribution < -0.4 is 5.32 Å². The Morgan fingerprint density at radius 1 is 1.32 bits per heavy atom. The SMILES string of the molecule is CC#Cc1cc2c(cc1F)C(=O)N(C1CCC(=O)NC1=O)C2. The zero-order chi connectivity index (χ0) is 15.9. The summed E-state index contributed by atoms with van der Waals surface area (Å²) in [5.41, 5.74) is 1.14. The molecule has 1 atom stereocenters. The molecule has 0 saturated carbocycles. The quantitative estimate of drug-likeness (QED) is 0.620. The van der Waals surface area contributed by atoms with Crippen molar-refractivity contribution in [2.75, 3.05) is 0 Å². The highest BCUT2D eigenvalue weighted by atomic mass is 19.1. The third-order valence-corrected chi connectivity index (χ3v) is 3.87. The molecule has 3 amide bonds. The van der Waals surface area contributed by atoms with Crippen molar-refractivity contribution >= 4 is 17.7 Å².